The molecule has 1 atom stereocenters. The van der Waals surface area contributed by atoms with E-state index in [9.17, 15) is 9.90 Å². The number of fused-ring (bicyclic) bond motifs is 1. The van der Waals surface area contributed by atoms with Crippen molar-refractivity contribution in [2.24, 2.45) is 5.92 Å². The van der Waals surface area contributed by atoms with Crippen molar-refractivity contribution < 1.29 is 14.6 Å². The summed E-state index contributed by atoms with van der Waals surface area (Å²) in [6.45, 7) is 4.38. The van der Waals surface area contributed by atoms with Gasteiger partial charge in [0.15, 0.2) is 0 Å². The van der Waals surface area contributed by atoms with Gasteiger partial charge in [0.1, 0.15) is 11.2 Å². The van der Waals surface area contributed by atoms with E-state index in [0.717, 1.165) is 5.56 Å². The maximum atomic E-state index is 11.6. The normalized spacial score (nSPS) is 23.7. The van der Waals surface area contributed by atoms with Gasteiger partial charge in [0.2, 0.25) is 0 Å². The highest BCUT2D eigenvalue weighted by Gasteiger charge is 2.47. The second kappa shape index (κ2) is 3.81. The predicted molar refractivity (Wildman–Crippen MR) is 60.7 cm³/mol. The van der Waals surface area contributed by atoms with E-state index in [0.29, 0.717) is 18.8 Å². The quantitative estimate of drug-likeness (QED) is 0.832. The third kappa shape index (κ3) is 1.39. The molecule has 0 fully saturated rings. The summed E-state index contributed by atoms with van der Waals surface area (Å²) in [7, 11) is 0. The summed E-state index contributed by atoms with van der Waals surface area (Å²) in [5, 5.41) is 9.55. The second-order valence-electron chi connectivity index (χ2n) is 4.53. The lowest BCUT2D eigenvalue weighted by molar-refractivity contribution is -0.147. The Bertz CT molecular complexity index is 411. The smallest absolute Gasteiger partial charge is 0.314 e. The van der Waals surface area contributed by atoms with E-state index in [1.165, 1.54) is 0 Å². The van der Waals surface area contributed by atoms with Gasteiger partial charge in [0.25, 0.3) is 0 Å². The molecule has 86 valence electrons. The van der Waals surface area contributed by atoms with Crippen molar-refractivity contribution in [1.29, 1.82) is 0 Å². The second-order valence-corrected chi connectivity index (χ2v) is 4.53. The van der Waals surface area contributed by atoms with Crippen molar-refractivity contribution in [2.75, 3.05) is 6.61 Å². The van der Waals surface area contributed by atoms with Gasteiger partial charge in [-0.2, -0.15) is 0 Å². The van der Waals surface area contributed by atoms with E-state index in [4.69, 9.17) is 4.74 Å². The van der Waals surface area contributed by atoms with Crippen LogP contribution in [0.5, 0.6) is 5.75 Å². The SMILES string of the molecule is CC(C)C1(C(=O)O)CCOc2ccccc21. The van der Waals surface area contributed by atoms with Gasteiger partial charge in [-0.3, -0.25) is 4.79 Å². The number of hydrogen-bond acceptors (Lipinski definition) is 2. The molecule has 3 heteroatoms. The van der Waals surface area contributed by atoms with E-state index < -0.39 is 11.4 Å². The number of aliphatic carboxylic acids is 1. The van der Waals surface area contributed by atoms with Crippen LogP contribution in [0, 0.1) is 5.92 Å². The Labute approximate surface area is 95.0 Å². The minimum absolute atomic E-state index is 0.0510. The van der Waals surface area contributed by atoms with Crippen molar-refractivity contribution in [3.05, 3.63) is 29.8 Å². The molecule has 0 amide bonds. The molecule has 1 heterocycles. The van der Waals surface area contributed by atoms with E-state index in [-0.39, 0.29) is 5.92 Å². The molecular weight excluding hydrogens is 204 g/mol. The number of hydrogen-bond donors (Lipinski definition) is 1. The Hall–Kier alpha value is -1.51. The first-order chi connectivity index (χ1) is 7.59. The maximum absolute atomic E-state index is 11.6. The zero-order chi connectivity index (χ0) is 11.8. The van der Waals surface area contributed by atoms with Gasteiger partial charge in [-0.1, -0.05) is 32.0 Å². The summed E-state index contributed by atoms with van der Waals surface area (Å²) < 4.78 is 5.52. The average molecular weight is 220 g/mol. The number of carboxylic acid groups (broad SMARTS) is 1. The number of rotatable bonds is 2. The lowest BCUT2D eigenvalue weighted by Crippen LogP contribution is -2.44. The van der Waals surface area contributed by atoms with Crippen LogP contribution in [0.1, 0.15) is 25.8 Å². The van der Waals surface area contributed by atoms with Gasteiger partial charge in [0, 0.05) is 12.0 Å². The zero-order valence-electron chi connectivity index (χ0n) is 9.56. The molecule has 1 unspecified atom stereocenters. The molecular formula is C13H16O3. The van der Waals surface area contributed by atoms with Gasteiger partial charge in [-0.05, 0) is 12.0 Å². The van der Waals surface area contributed by atoms with Crippen LogP contribution >= 0.6 is 0 Å². The molecule has 16 heavy (non-hydrogen) atoms. The predicted octanol–water partition coefficient (Wildman–Crippen LogP) is 2.45. The van der Waals surface area contributed by atoms with Crippen molar-refractivity contribution in [2.45, 2.75) is 25.7 Å². The van der Waals surface area contributed by atoms with Gasteiger partial charge in [-0.25, -0.2) is 0 Å². The molecule has 0 aromatic heterocycles. The Morgan fingerprint density at radius 2 is 2.12 bits per heavy atom. The minimum Gasteiger partial charge on any atom is -0.493 e. The van der Waals surface area contributed by atoms with Crippen LogP contribution in [-0.4, -0.2) is 17.7 Å². The Kier molecular flexibility index (Phi) is 2.62. The summed E-state index contributed by atoms with van der Waals surface area (Å²) in [5.41, 5.74) is 0.0122. The van der Waals surface area contributed by atoms with Crippen molar-refractivity contribution in [3.8, 4) is 5.75 Å². The topological polar surface area (TPSA) is 46.5 Å². The molecule has 1 aromatic rings. The van der Waals surface area contributed by atoms with Crippen molar-refractivity contribution >= 4 is 5.97 Å². The summed E-state index contributed by atoms with van der Waals surface area (Å²) >= 11 is 0. The molecule has 2 rings (SSSR count). The molecule has 1 aliphatic rings. The lowest BCUT2D eigenvalue weighted by atomic mass is 9.68. The molecule has 0 saturated heterocycles. The molecule has 1 N–H and O–H groups in total. The molecule has 0 radical (unpaired) electrons. The highest BCUT2D eigenvalue weighted by Crippen LogP contribution is 2.43. The lowest BCUT2D eigenvalue weighted by Gasteiger charge is -2.38. The largest absolute Gasteiger partial charge is 0.493 e. The van der Waals surface area contributed by atoms with Crippen molar-refractivity contribution in [1.82, 2.24) is 0 Å². The summed E-state index contributed by atoms with van der Waals surface area (Å²) in [5.74, 6) is 0.0122. The molecule has 3 nitrogen and oxygen atoms in total. The van der Waals surface area contributed by atoms with Crippen LogP contribution in [0.3, 0.4) is 0 Å². The van der Waals surface area contributed by atoms with E-state index in [1.807, 2.05) is 38.1 Å². The zero-order valence-corrected chi connectivity index (χ0v) is 9.56. The Balaban J connectivity index is 2.61. The number of carbonyl (C=O) groups is 1. The first-order valence-electron chi connectivity index (χ1n) is 5.54. The summed E-state index contributed by atoms with van der Waals surface area (Å²) in [4.78, 5) is 11.6. The highest BCUT2D eigenvalue weighted by atomic mass is 16.5. The van der Waals surface area contributed by atoms with E-state index >= 15 is 0 Å². The van der Waals surface area contributed by atoms with Crippen LogP contribution in [0.4, 0.5) is 0 Å². The van der Waals surface area contributed by atoms with Crippen molar-refractivity contribution in [3.63, 3.8) is 0 Å². The van der Waals surface area contributed by atoms with E-state index in [2.05, 4.69) is 0 Å². The number of carboxylic acids is 1. The maximum Gasteiger partial charge on any atom is 0.314 e. The van der Waals surface area contributed by atoms with Gasteiger partial charge in [0.05, 0.1) is 6.61 Å². The van der Waals surface area contributed by atoms with Crippen LogP contribution in [0.25, 0.3) is 0 Å². The van der Waals surface area contributed by atoms with Gasteiger partial charge < -0.3 is 9.84 Å². The Morgan fingerprint density at radius 1 is 1.44 bits per heavy atom. The molecule has 1 aliphatic heterocycles. The molecule has 0 aliphatic carbocycles. The first-order valence-corrected chi connectivity index (χ1v) is 5.54. The average Bonchev–Trinajstić information content (AvgIpc) is 2.27. The van der Waals surface area contributed by atoms with Crippen LogP contribution < -0.4 is 4.74 Å². The molecule has 0 saturated carbocycles. The van der Waals surface area contributed by atoms with Crippen LogP contribution in [-0.2, 0) is 10.2 Å². The number of ether oxygens (including phenoxy) is 1. The highest BCUT2D eigenvalue weighted by molar-refractivity contribution is 5.83. The van der Waals surface area contributed by atoms with E-state index in [1.54, 1.807) is 0 Å². The monoisotopic (exact) mass is 220 g/mol. The molecule has 0 bridgehead atoms. The third-order valence-electron chi connectivity index (χ3n) is 3.49. The fourth-order valence-electron chi connectivity index (χ4n) is 2.49. The fourth-order valence-corrected chi connectivity index (χ4v) is 2.49. The number of benzene rings is 1. The molecule has 0 spiro atoms. The summed E-state index contributed by atoms with van der Waals surface area (Å²) in [6, 6.07) is 7.45. The first kappa shape index (κ1) is 11.0. The fraction of sp³-hybridized carbons (Fsp3) is 0.462. The summed E-state index contributed by atoms with van der Waals surface area (Å²) in [6.07, 6.45) is 0.539. The Morgan fingerprint density at radius 3 is 2.75 bits per heavy atom. The van der Waals surface area contributed by atoms with Crippen LogP contribution in [0.2, 0.25) is 0 Å². The van der Waals surface area contributed by atoms with Crippen LogP contribution in [0.15, 0.2) is 24.3 Å². The van der Waals surface area contributed by atoms with Gasteiger partial charge in [-0.15, -0.1) is 0 Å². The van der Waals surface area contributed by atoms with Gasteiger partial charge >= 0.3 is 5.97 Å². The minimum atomic E-state index is -0.797. The molecule has 1 aromatic carbocycles. The third-order valence-corrected chi connectivity index (χ3v) is 3.49. The standard InChI is InChI=1S/C13H16O3/c1-9(2)13(12(14)15)7-8-16-11-6-4-3-5-10(11)13/h3-6,9H,7-8H2,1-2H3,(H,14,15). The number of para-hydroxylation sites is 1.